The van der Waals surface area contributed by atoms with Crippen LogP contribution < -0.4 is 0 Å². The molecule has 37 heavy (non-hydrogen) atoms. The monoisotopic (exact) mass is 500 g/mol. The minimum atomic E-state index is -0.843. The van der Waals surface area contributed by atoms with Crippen LogP contribution in [0.5, 0.6) is 0 Å². The molecule has 7 nitrogen and oxygen atoms in total. The maximum Gasteiger partial charge on any atom is 0.513 e. The van der Waals surface area contributed by atoms with Crippen molar-refractivity contribution in [3.05, 3.63) is 70.2 Å². The fourth-order valence-electron chi connectivity index (χ4n) is 5.51. The molecule has 0 atom stereocenters. The topological polar surface area (TPSA) is 85.8 Å². The highest BCUT2D eigenvalue weighted by Crippen LogP contribution is 2.48. The summed E-state index contributed by atoms with van der Waals surface area (Å²) in [5.41, 5.74) is 4.26. The molecule has 1 aliphatic carbocycles. The van der Waals surface area contributed by atoms with Crippen LogP contribution in [0.4, 0.5) is 4.79 Å². The molecule has 0 saturated carbocycles. The number of amides is 1. The van der Waals surface area contributed by atoms with Gasteiger partial charge >= 0.3 is 6.16 Å². The molecule has 192 valence electrons. The van der Waals surface area contributed by atoms with Crippen LogP contribution in [0.2, 0.25) is 0 Å². The molecule has 1 aliphatic heterocycles. The average molecular weight is 501 g/mol. The second-order valence-electron chi connectivity index (χ2n) is 9.87. The molecule has 1 spiro atoms. The molecule has 0 unspecified atom stereocenters. The Kier molecular flexibility index (Phi) is 7.77. The van der Waals surface area contributed by atoms with Crippen LogP contribution in [0.3, 0.4) is 0 Å². The summed E-state index contributed by atoms with van der Waals surface area (Å²) in [6.07, 6.45) is 3.17. The number of likely N-dealkylation sites (tertiary alicyclic amines) is 1. The van der Waals surface area contributed by atoms with Gasteiger partial charge in [-0.2, -0.15) is 0 Å². The zero-order valence-corrected chi connectivity index (χ0v) is 21.8. The molecule has 0 radical (unpaired) electrons. The first kappa shape index (κ1) is 26.2. The Bertz CT molecular complexity index is 1290. The lowest BCUT2D eigenvalue weighted by Crippen LogP contribution is -2.46. The summed E-state index contributed by atoms with van der Waals surface area (Å²) in [6.45, 7) is 6.75. The van der Waals surface area contributed by atoms with E-state index >= 15 is 0 Å². The molecular formula is C30H32N2O5. The van der Waals surface area contributed by atoms with E-state index in [0.29, 0.717) is 50.1 Å². The SMILES string of the molecule is CC#Cc1cc(C)c(C2=C(OC(=O)OC)CC3(CCN(C(=O)Cc4ccccn4)CC3)CC2=O)c(C)c1. The highest BCUT2D eigenvalue weighted by Gasteiger charge is 2.44. The first-order chi connectivity index (χ1) is 17.7. The van der Waals surface area contributed by atoms with E-state index in [2.05, 4.69) is 16.8 Å². The van der Waals surface area contributed by atoms with E-state index in [1.165, 1.54) is 7.11 Å². The summed E-state index contributed by atoms with van der Waals surface area (Å²) in [6, 6.07) is 9.44. The fraction of sp³-hybridized carbons (Fsp3) is 0.400. The number of aromatic nitrogens is 1. The molecule has 1 saturated heterocycles. The van der Waals surface area contributed by atoms with E-state index < -0.39 is 6.16 Å². The number of piperidine rings is 1. The Hall–Kier alpha value is -3.92. The first-order valence-corrected chi connectivity index (χ1v) is 12.5. The number of allylic oxidation sites excluding steroid dienone is 2. The van der Waals surface area contributed by atoms with Gasteiger partial charge in [-0.05, 0) is 80.0 Å². The summed E-state index contributed by atoms with van der Waals surface area (Å²) in [5, 5.41) is 0. The van der Waals surface area contributed by atoms with Gasteiger partial charge < -0.3 is 14.4 Å². The highest BCUT2D eigenvalue weighted by atomic mass is 16.7. The van der Waals surface area contributed by atoms with Crippen molar-refractivity contribution < 1.29 is 23.9 Å². The number of nitrogens with zero attached hydrogens (tertiary/aromatic N) is 2. The number of benzene rings is 1. The number of rotatable bonds is 4. The number of ether oxygens (including phenoxy) is 2. The van der Waals surface area contributed by atoms with Crippen LogP contribution in [-0.4, -0.2) is 47.9 Å². The summed E-state index contributed by atoms with van der Waals surface area (Å²) >= 11 is 0. The Morgan fingerprint density at radius 1 is 1.11 bits per heavy atom. The Balaban J connectivity index is 1.60. The molecule has 0 N–H and O–H groups in total. The van der Waals surface area contributed by atoms with Gasteiger partial charge in [0.2, 0.25) is 5.91 Å². The molecule has 7 heteroatoms. The quantitative estimate of drug-likeness (QED) is 0.444. The van der Waals surface area contributed by atoms with Gasteiger partial charge in [0, 0.05) is 43.4 Å². The highest BCUT2D eigenvalue weighted by molar-refractivity contribution is 6.23. The van der Waals surface area contributed by atoms with E-state index in [-0.39, 0.29) is 23.5 Å². The van der Waals surface area contributed by atoms with Crippen molar-refractivity contribution in [2.45, 2.75) is 52.9 Å². The van der Waals surface area contributed by atoms with Gasteiger partial charge in [-0.25, -0.2) is 4.79 Å². The Labute approximate surface area is 217 Å². The fourth-order valence-corrected chi connectivity index (χ4v) is 5.51. The number of Topliss-reactive ketones (excluding diaryl/α,β-unsaturated/α-hetero) is 1. The zero-order valence-electron chi connectivity index (χ0n) is 21.8. The Morgan fingerprint density at radius 3 is 2.41 bits per heavy atom. The van der Waals surface area contributed by atoms with Crippen molar-refractivity contribution in [1.29, 1.82) is 0 Å². The number of carbonyl (C=O) groups is 3. The molecule has 1 aromatic carbocycles. The number of pyridine rings is 1. The lowest BCUT2D eigenvalue weighted by Gasteiger charge is -2.44. The summed E-state index contributed by atoms with van der Waals surface area (Å²) < 4.78 is 10.4. The molecule has 4 rings (SSSR count). The van der Waals surface area contributed by atoms with Gasteiger partial charge in [0.25, 0.3) is 0 Å². The van der Waals surface area contributed by atoms with Gasteiger partial charge in [-0.1, -0.05) is 12.0 Å². The van der Waals surface area contributed by atoms with E-state index in [0.717, 1.165) is 27.9 Å². The number of hydrogen-bond donors (Lipinski definition) is 0. The van der Waals surface area contributed by atoms with Crippen molar-refractivity contribution in [3.63, 3.8) is 0 Å². The third-order valence-electron chi connectivity index (χ3n) is 7.29. The molecule has 1 fully saturated rings. The minimum Gasteiger partial charge on any atom is -0.437 e. The summed E-state index contributed by atoms with van der Waals surface area (Å²) in [4.78, 5) is 44.9. The van der Waals surface area contributed by atoms with Crippen LogP contribution >= 0.6 is 0 Å². The predicted octanol–water partition coefficient (Wildman–Crippen LogP) is 4.78. The molecule has 1 aromatic heterocycles. The van der Waals surface area contributed by atoms with Gasteiger partial charge in [0.1, 0.15) is 5.76 Å². The summed E-state index contributed by atoms with van der Waals surface area (Å²) in [7, 11) is 1.25. The molecule has 1 amide bonds. The molecule has 2 heterocycles. The minimum absolute atomic E-state index is 0.0273. The van der Waals surface area contributed by atoms with Gasteiger partial charge in [0.15, 0.2) is 5.78 Å². The van der Waals surface area contributed by atoms with Crippen molar-refractivity contribution in [3.8, 4) is 11.8 Å². The molecule has 0 bridgehead atoms. The average Bonchev–Trinajstić information content (AvgIpc) is 2.86. The lowest BCUT2D eigenvalue weighted by molar-refractivity contribution is -0.133. The smallest absolute Gasteiger partial charge is 0.437 e. The first-order valence-electron chi connectivity index (χ1n) is 12.5. The molecule has 2 aliphatic rings. The van der Waals surface area contributed by atoms with Crippen molar-refractivity contribution >= 4 is 23.4 Å². The zero-order chi connectivity index (χ0) is 26.6. The van der Waals surface area contributed by atoms with Crippen LogP contribution in [0.15, 0.2) is 42.3 Å². The molecular weight excluding hydrogens is 468 g/mol. The standard InChI is InChI=1S/C30H32N2O5/c1-5-8-22-15-20(2)27(21(3)16-22)28-24(33)18-30(19-25(28)37-29(35)36-4)10-13-32(14-11-30)26(34)17-23-9-6-7-12-31-23/h6-7,9,12,15-16H,10-11,13-14,17-19H2,1-4H3. The number of ketones is 1. The van der Waals surface area contributed by atoms with Gasteiger partial charge in [0.05, 0.1) is 19.1 Å². The van der Waals surface area contributed by atoms with E-state index in [1.54, 1.807) is 13.1 Å². The van der Waals surface area contributed by atoms with Crippen molar-refractivity contribution in [2.75, 3.05) is 20.2 Å². The second-order valence-corrected chi connectivity index (χ2v) is 9.87. The van der Waals surface area contributed by atoms with Crippen LogP contribution in [-0.2, 0) is 25.5 Å². The Morgan fingerprint density at radius 2 is 1.81 bits per heavy atom. The van der Waals surface area contributed by atoms with Crippen molar-refractivity contribution in [2.24, 2.45) is 5.41 Å². The van der Waals surface area contributed by atoms with Crippen LogP contribution in [0.25, 0.3) is 5.57 Å². The maximum absolute atomic E-state index is 13.7. The predicted molar refractivity (Wildman–Crippen MR) is 139 cm³/mol. The maximum atomic E-state index is 13.7. The second kappa shape index (κ2) is 11.0. The number of aryl methyl sites for hydroxylation is 2. The van der Waals surface area contributed by atoms with Gasteiger partial charge in [-0.15, -0.1) is 5.92 Å². The number of methoxy groups -OCH3 is 1. The van der Waals surface area contributed by atoms with E-state index in [9.17, 15) is 14.4 Å². The number of hydrogen-bond acceptors (Lipinski definition) is 6. The van der Waals surface area contributed by atoms with E-state index in [1.807, 2.05) is 49.1 Å². The van der Waals surface area contributed by atoms with Crippen LogP contribution in [0, 0.1) is 31.1 Å². The largest absolute Gasteiger partial charge is 0.513 e. The van der Waals surface area contributed by atoms with Crippen LogP contribution in [0.1, 0.15) is 60.6 Å². The summed E-state index contributed by atoms with van der Waals surface area (Å²) in [5.74, 6) is 6.29. The third-order valence-corrected chi connectivity index (χ3v) is 7.29. The normalized spacial score (nSPS) is 16.8. The third kappa shape index (κ3) is 5.75. The molecule has 2 aromatic rings. The number of carbonyl (C=O) groups excluding carboxylic acids is 3. The van der Waals surface area contributed by atoms with E-state index in [4.69, 9.17) is 9.47 Å². The van der Waals surface area contributed by atoms with Gasteiger partial charge in [-0.3, -0.25) is 14.6 Å². The van der Waals surface area contributed by atoms with Crippen molar-refractivity contribution in [1.82, 2.24) is 9.88 Å². The lowest BCUT2D eigenvalue weighted by atomic mass is 9.66.